The number of para-hydroxylation sites is 1. The molecule has 1 N–H and O–H groups in total. The number of hydrogen-bond acceptors (Lipinski definition) is 4. The Morgan fingerprint density at radius 3 is 2.24 bits per heavy atom. The average molecular weight is 567 g/mol. The van der Waals surface area contributed by atoms with Crippen molar-refractivity contribution < 1.29 is 19.1 Å². The van der Waals surface area contributed by atoms with Gasteiger partial charge in [0.15, 0.2) is 0 Å². The third kappa shape index (κ3) is 6.03. The summed E-state index contributed by atoms with van der Waals surface area (Å²) in [6.07, 6.45) is 2.06. The number of likely N-dealkylation sites (N-methyl/N-ethyl adjacent to an activating group) is 1. The Morgan fingerprint density at radius 2 is 1.57 bits per heavy atom. The maximum absolute atomic E-state index is 14.3. The van der Waals surface area contributed by atoms with Crippen molar-refractivity contribution >= 4 is 17.8 Å². The molecule has 0 saturated carbocycles. The molecule has 8 nitrogen and oxygen atoms in total. The first-order valence-electron chi connectivity index (χ1n) is 14.6. The van der Waals surface area contributed by atoms with Gasteiger partial charge in [-0.2, -0.15) is 0 Å². The van der Waals surface area contributed by atoms with Gasteiger partial charge in [-0.3, -0.25) is 14.5 Å². The quantitative estimate of drug-likeness (QED) is 0.331. The highest BCUT2D eigenvalue weighted by atomic mass is 16.5. The fourth-order valence-electron chi connectivity index (χ4n) is 5.72. The smallest absolute Gasteiger partial charge is 0.322 e. The molecule has 0 spiro atoms. The van der Waals surface area contributed by atoms with Gasteiger partial charge in [0, 0.05) is 26.6 Å². The summed E-state index contributed by atoms with van der Waals surface area (Å²) in [6, 6.07) is 25.0. The Hall–Kier alpha value is -4.59. The molecular formula is C34H38N4O4. The van der Waals surface area contributed by atoms with E-state index in [9.17, 15) is 14.4 Å². The molecule has 0 fully saturated rings. The number of urea groups is 1. The first kappa shape index (κ1) is 28.9. The summed E-state index contributed by atoms with van der Waals surface area (Å²) in [5, 5.41) is 3.01. The van der Waals surface area contributed by atoms with Crippen LogP contribution in [0.15, 0.2) is 96.2 Å². The van der Waals surface area contributed by atoms with Crippen LogP contribution in [0.1, 0.15) is 43.9 Å². The molecule has 0 aliphatic carbocycles. The van der Waals surface area contributed by atoms with Gasteiger partial charge in [-0.25, -0.2) is 4.79 Å². The number of carbonyl (C=O) groups is 3. The minimum Gasteiger partial charge on any atom is -0.457 e. The highest BCUT2D eigenvalue weighted by Gasteiger charge is 2.46. The molecule has 0 bridgehead atoms. The summed E-state index contributed by atoms with van der Waals surface area (Å²) in [7, 11) is 1.67. The molecule has 218 valence electrons. The van der Waals surface area contributed by atoms with E-state index in [0.717, 1.165) is 24.0 Å². The van der Waals surface area contributed by atoms with Gasteiger partial charge in [0.1, 0.15) is 17.5 Å². The lowest BCUT2D eigenvalue weighted by molar-refractivity contribution is -0.143. The minimum atomic E-state index is -0.694. The van der Waals surface area contributed by atoms with Crippen molar-refractivity contribution in [1.29, 1.82) is 0 Å². The van der Waals surface area contributed by atoms with E-state index < -0.39 is 12.1 Å². The molecule has 4 amide bonds. The molecule has 5 rings (SSSR count). The number of rotatable bonds is 11. The van der Waals surface area contributed by atoms with E-state index in [2.05, 4.69) is 19.2 Å². The summed E-state index contributed by atoms with van der Waals surface area (Å²) in [6.45, 7) is 5.55. The molecule has 2 heterocycles. The molecule has 42 heavy (non-hydrogen) atoms. The first-order valence-corrected chi connectivity index (χ1v) is 14.6. The van der Waals surface area contributed by atoms with E-state index in [0.29, 0.717) is 42.3 Å². The van der Waals surface area contributed by atoms with Crippen LogP contribution in [0, 0.1) is 0 Å². The van der Waals surface area contributed by atoms with Gasteiger partial charge in [0.05, 0.1) is 23.9 Å². The lowest BCUT2D eigenvalue weighted by atomic mass is 9.95. The first-order chi connectivity index (χ1) is 20.4. The third-order valence-electron chi connectivity index (χ3n) is 7.79. The standard InChI is InChI=1S/C34H38N4O4/c1-4-19-37(20-5-2)32(39)28(21-24-13-8-6-9-14-24)38-23-29-30(33(38)40)31(35-34(41)36(29)3)25-15-12-18-27(22-25)42-26-16-10-7-11-17-26/h6-18,22,28,31H,4-5,19-21,23H2,1-3H3,(H,35,41)/t28-,31+/m0/s1. The van der Waals surface area contributed by atoms with Crippen LogP contribution in [0.5, 0.6) is 11.5 Å². The molecule has 0 unspecified atom stereocenters. The summed E-state index contributed by atoms with van der Waals surface area (Å²) >= 11 is 0. The molecule has 3 aromatic carbocycles. The number of amides is 4. The van der Waals surface area contributed by atoms with E-state index in [1.807, 2.05) is 89.8 Å². The monoisotopic (exact) mass is 566 g/mol. The van der Waals surface area contributed by atoms with Crippen LogP contribution in [-0.2, 0) is 16.0 Å². The van der Waals surface area contributed by atoms with E-state index in [1.165, 1.54) is 4.90 Å². The molecule has 2 atom stereocenters. The molecule has 0 aromatic heterocycles. The van der Waals surface area contributed by atoms with Crippen LogP contribution in [0.2, 0.25) is 0 Å². The van der Waals surface area contributed by atoms with Crippen molar-refractivity contribution in [3.05, 3.63) is 107 Å². The van der Waals surface area contributed by atoms with Gasteiger partial charge >= 0.3 is 6.03 Å². The largest absolute Gasteiger partial charge is 0.457 e. The lowest BCUT2D eigenvalue weighted by Crippen LogP contribution is -2.51. The number of nitrogens with zero attached hydrogens (tertiary/aromatic N) is 3. The molecular weight excluding hydrogens is 528 g/mol. The van der Waals surface area contributed by atoms with Crippen LogP contribution >= 0.6 is 0 Å². The van der Waals surface area contributed by atoms with Crippen molar-refractivity contribution in [2.24, 2.45) is 0 Å². The zero-order valence-corrected chi connectivity index (χ0v) is 24.5. The number of carbonyl (C=O) groups excluding carboxylic acids is 3. The molecule has 0 saturated heterocycles. The predicted molar refractivity (Wildman–Crippen MR) is 162 cm³/mol. The SMILES string of the molecule is CCCN(CCC)C(=O)[C@H](Cc1ccccc1)N1CC2=C(C1=O)[C@@H](c1cccc(Oc3ccccc3)c1)NC(=O)N2C. The number of benzene rings is 3. The maximum Gasteiger partial charge on any atom is 0.322 e. The predicted octanol–water partition coefficient (Wildman–Crippen LogP) is 5.53. The Bertz CT molecular complexity index is 1450. The minimum absolute atomic E-state index is 0.0625. The Balaban J connectivity index is 1.48. The average Bonchev–Trinajstić information content (AvgIpc) is 3.35. The van der Waals surface area contributed by atoms with Crippen LogP contribution < -0.4 is 10.1 Å². The van der Waals surface area contributed by atoms with Gasteiger partial charge in [0.25, 0.3) is 5.91 Å². The van der Waals surface area contributed by atoms with Gasteiger partial charge < -0.3 is 19.9 Å². The fraction of sp³-hybridized carbons (Fsp3) is 0.324. The topological polar surface area (TPSA) is 82.2 Å². The zero-order valence-electron chi connectivity index (χ0n) is 24.5. The Morgan fingerprint density at radius 1 is 0.929 bits per heavy atom. The second-order valence-corrected chi connectivity index (χ2v) is 10.8. The van der Waals surface area contributed by atoms with E-state index in [1.54, 1.807) is 11.9 Å². The van der Waals surface area contributed by atoms with Gasteiger partial charge in [0.2, 0.25) is 5.91 Å². The summed E-state index contributed by atoms with van der Waals surface area (Å²) in [4.78, 5) is 46.5. The van der Waals surface area contributed by atoms with Crippen LogP contribution in [-0.4, -0.2) is 65.3 Å². The van der Waals surface area contributed by atoms with Gasteiger partial charge in [-0.1, -0.05) is 74.5 Å². The van der Waals surface area contributed by atoms with Crippen molar-refractivity contribution in [3.63, 3.8) is 0 Å². The van der Waals surface area contributed by atoms with Crippen LogP contribution in [0.4, 0.5) is 4.79 Å². The third-order valence-corrected chi connectivity index (χ3v) is 7.79. The number of ether oxygens (including phenoxy) is 1. The van der Waals surface area contributed by atoms with E-state index in [4.69, 9.17) is 4.74 Å². The summed E-state index contributed by atoms with van der Waals surface area (Å²) in [5.41, 5.74) is 2.81. The molecule has 8 heteroatoms. The van der Waals surface area contributed by atoms with E-state index >= 15 is 0 Å². The van der Waals surface area contributed by atoms with Crippen LogP contribution in [0.3, 0.4) is 0 Å². The Labute approximate surface area is 247 Å². The second-order valence-electron chi connectivity index (χ2n) is 10.8. The highest BCUT2D eigenvalue weighted by molar-refractivity contribution is 6.03. The zero-order chi connectivity index (χ0) is 29.6. The number of hydrogen-bond donors (Lipinski definition) is 1. The Kier molecular flexibility index (Phi) is 8.91. The van der Waals surface area contributed by atoms with Gasteiger partial charge in [-0.05, 0) is 48.2 Å². The molecule has 2 aliphatic heterocycles. The summed E-state index contributed by atoms with van der Waals surface area (Å²) in [5.74, 6) is 0.991. The normalized spacial score (nSPS) is 17.2. The molecule has 2 aliphatic rings. The number of nitrogens with one attached hydrogen (secondary N) is 1. The van der Waals surface area contributed by atoms with E-state index in [-0.39, 0.29) is 24.4 Å². The van der Waals surface area contributed by atoms with Crippen molar-refractivity contribution in [2.75, 3.05) is 26.7 Å². The summed E-state index contributed by atoms with van der Waals surface area (Å²) < 4.78 is 6.04. The fourth-order valence-corrected chi connectivity index (χ4v) is 5.72. The molecule has 3 aromatic rings. The van der Waals surface area contributed by atoms with Crippen molar-refractivity contribution in [1.82, 2.24) is 20.0 Å². The van der Waals surface area contributed by atoms with Crippen LogP contribution in [0.25, 0.3) is 0 Å². The van der Waals surface area contributed by atoms with Crippen molar-refractivity contribution in [2.45, 2.75) is 45.2 Å². The lowest BCUT2D eigenvalue weighted by Gasteiger charge is -2.33. The van der Waals surface area contributed by atoms with Gasteiger partial charge in [-0.15, -0.1) is 0 Å². The molecule has 0 radical (unpaired) electrons. The second kappa shape index (κ2) is 12.9. The maximum atomic E-state index is 14.3. The van der Waals surface area contributed by atoms with Crippen molar-refractivity contribution in [3.8, 4) is 11.5 Å². The highest BCUT2D eigenvalue weighted by Crippen LogP contribution is 2.38.